The molecule has 7 nitrogen and oxygen atoms in total. The third-order valence-electron chi connectivity index (χ3n) is 3.55. The number of carbonyl (C=O) groups is 1. The fourth-order valence-electron chi connectivity index (χ4n) is 2.38. The fourth-order valence-corrected chi connectivity index (χ4v) is 3.01. The van der Waals surface area contributed by atoms with Crippen LogP contribution < -0.4 is 14.8 Å². The van der Waals surface area contributed by atoms with Gasteiger partial charge in [0.25, 0.3) is 5.91 Å². The zero-order valence-corrected chi connectivity index (χ0v) is 15.0. The van der Waals surface area contributed by atoms with Crippen LogP contribution in [0.1, 0.15) is 10.4 Å². The Balaban J connectivity index is 1.54. The number of nitrogens with zero attached hydrogens (tertiary/aromatic N) is 2. The van der Waals surface area contributed by atoms with E-state index in [0.29, 0.717) is 35.8 Å². The number of hydrogen-bond acceptors (Lipinski definition) is 6. The maximum absolute atomic E-state index is 12.3. The molecule has 0 saturated carbocycles. The Bertz CT molecular complexity index is 941. The SMILES string of the molecule is O=C(Nc1nnc(-c2ccc3c(c2)OCCO3)o1)c1ccccc1I. The van der Waals surface area contributed by atoms with Gasteiger partial charge in [0.2, 0.25) is 5.89 Å². The summed E-state index contributed by atoms with van der Waals surface area (Å²) < 4.78 is 17.4. The van der Waals surface area contributed by atoms with E-state index in [-0.39, 0.29) is 17.8 Å². The molecule has 1 aliphatic heterocycles. The minimum Gasteiger partial charge on any atom is -0.486 e. The maximum atomic E-state index is 12.3. The van der Waals surface area contributed by atoms with Gasteiger partial charge in [0.05, 0.1) is 5.56 Å². The van der Waals surface area contributed by atoms with Gasteiger partial charge < -0.3 is 13.9 Å². The second-order valence-corrected chi connectivity index (χ2v) is 6.37. The van der Waals surface area contributed by atoms with Gasteiger partial charge in [-0.25, -0.2) is 0 Å². The summed E-state index contributed by atoms with van der Waals surface area (Å²) in [6.07, 6.45) is 0. The van der Waals surface area contributed by atoms with Gasteiger partial charge in [0.1, 0.15) is 13.2 Å². The predicted octanol–water partition coefficient (Wildman–Crippen LogP) is 3.36. The highest BCUT2D eigenvalue weighted by atomic mass is 127. The minimum absolute atomic E-state index is 0.0366. The van der Waals surface area contributed by atoms with E-state index in [4.69, 9.17) is 13.9 Å². The van der Waals surface area contributed by atoms with Crippen LogP contribution in [0.4, 0.5) is 6.01 Å². The van der Waals surface area contributed by atoms with Crippen LogP contribution in [-0.4, -0.2) is 29.3 Å². The monoisotopic (exact) mass is 449 g/mol. The van der Waals surface area contributed by atoms with Crippen LogP contribution in [0.5, 0.6) is 11.5 Å². The molecule has 0 unspecified atom stereocenters. The number of aromatic nitrogens is 2. The highest BCUT2D eigenvalue weighted by molar-refractivity contribution is 14.1. The second kappa shape index (κ2) is 6.71. The highest BCUT2D eigenvalue weighted by Gasteiger charge is 2.17. The number of nitrogens with one attached hydrogen (secondary N) is 1. The number of rotatable bonds is 3. The number of ether oxygens (including phenoxy) is 2. The molecule has 0 spiro atoms. The molecule has 0 aliphatic carbocycles. The van der Waals surface area contributed by atoms with E-state index in [1.807, 2.05) is 12.1 Å². The van der Waals surface area contributed by atoms with E-state index < -0.39 is 0 Å². The first kappa shape index (κ1) is 15.9. The molecule has 1 amide bonds. The lowest BCUT2D eigenvalue weighted by atomic mass is 10.2. The standard InChI is InChI=1S/C17H12IN3O4/c18-12-4-2-1-3-11(12)15(22)19-17-21-20-16(25-17)10-5-6-13-14(9-10)24-8-7-23-13/h1-6,9H,7-8H2,(H,19,21,22). The minimum atomic E-state index is -0.303. The lowest BCUT2D eigenvalue weighted by Crippen LogP contribution is -2.15. The summed E-state index contributed by atoms with van der Waals surface area (Å²) in [6, 6.07) is 12.6. The van der Waals surface area contributed by atoms with E-state index in [2.05, 4.69) is 38.1 Å². The average Bonchev–Trinajstić information content (AvgIpc) is 3.10. The molecule has 126 valence electrons. The van der Waals surface area contributed by atoms with Gasteiger partial charge in [-0.3, -0.25) is 10.1 Å². The molecule has 1 N–H and O–H groups in total. The first-order valence-corrected chi connectivity index (χ1v) is 8.58. The van der Waals surface area contributed by atoms with Crippen LogP contribution in [-0.2, 0) is 0 Å². The summed E-state index contributed by atoms with van der Waals surface area (Å²) in [6.45, 7) is 1.03. The quantitative estimate of drug-likeness (QED) is 0.618. The molecule has 0 atom stereocenters. The van der Waals surface area contributed by atoms with E-state index >= 15 is 0 Å². The number of halogens is 1. The van der Waals surface area contributed by atoms with Gasteiger partial charge in [0, 0.05) is 9.13 Å². The van der Waals surface area contributed by atoms with E-state index in [0.717, 1.165) is 3.57 Å². The first-order valence-electron chi connectivity index (χ1n) is 7.50. The smallest absolute Gasteiger partial charge is 0.322 e. The van der Waals surface area contributed by atoms with E-state index in [9.17, 15) is 4.79 Å². The summed E-state index contributed by atoms with van der Waals surface area (Å²) in [7, 11) is 0. The Morgan fingerprint density at radius 1 is 1.04 bits per heavy atom. The van der Waals surface area contributed by atoms with Crippen molar-refractivity contribution in [3.63, 3.8) is 0 Å². The van der Waals surface area contributed by atoms with Gasteiger partial charge in [-0.15, -0.1) is 5.10 Å². The number of fused-ring (bicyclic) bond motifs is 1. The fraction of sp³-hybridized carbons (Fsp3) is 0.118. The summed E-state index contributed by atoms with van der Waals surface area (Å²) in [4.78, 5) is 12.3. The number of benzene rings is 2. The van der Waals surface area contributed by atoms with Gasteiger partial charge >= 0.3 is 6.01 Å². The zero-order valence-electron chi connectivity index (χ0n) is 12.9. The first-order chi connectivity index (χ1) is 12.2. The number of hydrogen-bond donors (Lipinski definition) is 1. The molecule has 1 aromatic heterocycles. The van der Waals surface area contributed by atoms with Gasteiger partial charge in [0.15, 0.2) is 11.5 Å². The van der Waals surface area contributed by atoms with Crippen LogP contribution in [0, 0.1) is 3.57 Å². The van der Waals surface area contributed by atoms with Gasteiger partial charge in [-0.2, -0.15) is 0 Å². The third-order valence-corrected chi connectivity index (χ3v) is 4.49. The van der Waals surface area contributed by atoms with Crippen molar-refractivity contribution in [1.82, 2.24) is 10.2 Å². The molecule has 3 aromatic rings. The lowest BCUT2D eigenvalue weighted by molar-refractivity contribution is 0.102. The molecule has 1 aliphatic rings. The van der Waals surface area contributed by atoms with Crippen LogP contribution in [0.25, 0.3) is 11.5 Å². The molecular weight excluding hydrogens is 437 g/mol. The number of anilines is 1. The molecule has 4 rings (SSSR count). The van der Waals surface area contributed by atoms with Crippen molar-refractivity contribution < 1.29 is 18.7 Å². The molecule has 25 heavy (non-hydrogen) atoms. The van der Waals surface area contributed by atoms with Crippen molar-refractivity contribution >= 4 is 34.5 Å². The van der Waals surface area contributed by atoms with Crippen molar-refractivity contribution in [3.05, 3.63) is 51.6 Å². The molecule has 2 heterocycles. The van der Waals surface area contributed by atoms with Crippen LogP contribution in [0.15, 0.2) is 46.9 Å². The Morgan fingerprint density at radius 3 is 2.68 bits per heavy atom. The van der Waals surface area contributed by atoms with Crippen molar-refractivity contribution in [3.8, 4) is 23.0 Å². The van der Waals surface area contributed by atoms with E-state index in [1.165, 1.54) is 0 Å². The second-order valence-electron chi connectivity index (χ2n) is 5.20. The van der Waals surface area contributed by atoms with E-state index in [1.54, 1.807) is 30.3 Å². The van der Waals surface area contributed by atoms with Crippen molar-refractivity contribution in [2.45, 2.75) is 0 Å². The molecule has 2 aromatic carbocycles. The van der Waals surface area contributed by atoms with Gasteiger partial charge in [-0.05, 0) is 52.9 Å². The highest BCUT2D eigenvalue weighted by Crippen LogP contribution is 2.34. The molecule has 8 heteroatoms. The molecule has 0 saturated heterocycles. The van der Waals surface area contributed by atoms with Crippen LogP contribution in [0.2, 0.25) is 0 Å². The Kier molecular flexibility index (Phi) is 4.26. The average molecular weight is 449 g/mol. The lowest BCUT2D eigenvalue weighted by Gasteiger charge is -2.18. The predicted molar refractivity (Wildman–Crippen MR) is 97.8 cm³/mol. The Labute approximate surface area is 156 Å². The van der Waals surface area contributed by atoms with Crippen molar-refractivity contribution in [2.75, 3.05) is 18.5 Å². The summed E-state index contributed by atoms with van der Waals surface area (Å²) in [5.41, 5.74) is 1.23. The van der Waals surface area contributed by atoms with Crippen LogP contribution in [0.3, 0.4) is 0 Å². The van der Waals surface area contributed by atoms with Crippen LogP contribution >= 0.6 is 22.6 Å². The number of amides is 1. The Morgan fingerprint density at radius 2 is 1.84 bits per heavy atom. The normalized spacial score (nSPS) is 12.7. The number of carbonyl (C=O) groups excluding carboxylic acids is 1. The largest absolute Gasteiger partial charge is 0.486 e. The zero-order chi connectivity index (χ0) is 17.2. The third kappa shape index (κ3) is 3.29. The molecule has 0 bridgehead atoms. The van der Waals surface area contributed by atoms with Gasteiger partial charge in [-0.1, -0.05) is 17.2 Å². The molecule has 0 fully saturated rings. The van der Waals surface area contributed by atoms with Crippen molar-refractivity contribution in [2.24, 2.45) is 0 Å². The summed E-state index contributed by atoms with van der Waals surface area (Å²) >= 11 is 2.10. The molecular formula is C17H12IN3O4. The summed E-state index contributed by atoms with van der Waals surface area (Å²) in [5, 5.41) is 10.5. The van der Waals surface area contributed by atoms with Crippen molar-refractivity contribution in [1.29, 1.82) is 0 Å². The topological polar surface area (TPSA) is 86.5 Å². The Hall–Kier alpha value is -2.62. The molecule has 0 radical (unpaired) electrons. The maximum Gasteiger partial charge on any atom is 0.322 e. The summed E-state index contributed by atoms with van der Waals surface area (Å²) in [5.74, 6) is 1.30.